The second kappa shape index (κ2) is 4.86. The van der Waals surface area contributed by atoms with Gasteiger partial charge in [-0.3, -0.25) is 4.90 Å². The SMILES string of the molecule is NCCN(CC1Cc2cc(F)ccc2O1)C1CC1. The second-order valence-electron chi connectivity index (χ2n) is 5.21. The van der Waals surface area contributed by atoms with E-state index >= 15 is 0 Å². The van der Waals surface area contributed by atoms with Gasteiger partial charge in [-0.2, -0.15) is 0 Å². The van der Waals surface area contributed by atoms with E-state index < -0.39 is 0 Å². The van der Waals surface area contributed by atoms with Crippen LogP contribution in [0.25, 0.3) is 0 Å². The molecule has 1 unspecified atom stereocenters. The monoisotopic (exact) mass is 250 g/mol. The minimum Gasteiger partial charge on any atom is -0.488 e. The van der Waals surface area contributed by atoms with Crippen molar-refractivity contribution in [2.45, 2.75) is 31.4 Å². The Morgan fingerprint density at radius 2 is 2.22 bits per heavy atom. The van der Waals surface area contributed by atoms with Crippen LogP contribution in [0.4, 0.5) is 4.39 Å². The van der Waals surface area contributed by atoms with Gasteiger partial charge in [0.1, 0.15) is 17.7 Å². The van der Waals surface area contributed by atoms with Crippen LogP contribution < -0.4 is 10.5 Å². The fraction of sp³-hybridized carbons (Fsp3) is 0.571. The fourth-order valence-corrected chi connectivity index (χ4v) is 2.68. The summed E-state index contributed by atoms with van der Waals surface area (Å²) in [4.78, 5) is 2.41. The fourth-order valence-electron chi connectivity index (χ4n) is 2.68. The minimum atomic E-state index is -0.181. The predicted octanol–water partition coefficient (Wildman–Crippen LogP) is 1.55. The van der Waals surface area contributed by atoms with E-state index in [4.69, 9.17) is 10.5 Å². The lowest BCUT2D eigenvalue weighted by Crippen LogP contribution is -2.39. The van der Waals surface area contributed by atoms with E-state index in [1.54, 1.807) is 12.1 Å². The van der Waals surface area contributed by atoms with Gasteiger partial charge in [0.2, 0.25) is 0 Å². The predicted molar refractivity (Wildman–Crippen MR) is 68.2 cm³/mol. The average molecular weight is 250 g/mol. The summed E-state index contributed by atoms with van der Waals surface area (Å²) >= 11 is 0. The van der Waals surface area contributed by atoms with Crippen molar-refractivity contribution in [1.29, 1.82) is 0 Å². The summed E-state index contributed by atoms with van der Waals surface area (Å²) in [6.07, 6.45) is 3.50. The Hall–Kier alpha value is -1.13. The van der Waals surface area contributed by atoms with Gasteiger partial charge in [-0.05, 0) is 31.0 Å². The number of rotatable bonds is 5. The molecule has 1 aliphatic carbocycles. The Morgan fingerprint density at radius 1 is 1.39 bits per heavy atom. The highest BCUT2D eigenvalue weighted by molar-refractivity contribution is 5.37. The molecule has 0 bridgehead atoms. The molecular formula is C14H19FN2O. The number of fused-ring (bicyclic) bond motifs is 1. The summed E-state index contributed by atoms with van der Waals surface area (Å²) < 4.78 is 19.0. The van der Waals surface area contributed by atoms with Crippen LogP contribution >= 0.6 is 0 Å². The van der Waals surface area contributed by atoms with Crippen LogP contribution in [0.2, 0.25) is 0 Å². The largest absolute Gasteiger partial charge is 0.488 e. The topological polar surface area (TPSA) is 38.5 Å². The Kier molecular flexibility index (Phi) is 3.22. The Labute approximate surface area is 107 Å². The highest BCUT2D eigenvalue weighted by atomic mass is 19.1. The number of hydrogen-bond acceptors (Lipinski definition) is 3. The van der Waals surface area contributed by atoms with Crippen molar-refractivity contribution in [1.82, 2.24) is 4.90 Å². The first-order valence-corrected chi connectivity index (χ1v) is 6.65. The molecule has 18 heavy (non-hydrogen) atoms. The van der Waals surface area contributed by atoms with Crippen molar-refractivity contribution in [3.05, 3.63) is 29.6 Å². The van der Waals surface area contributed by atoms with E-state index in [0.29, 0.717) is 12.6 Å². The number of benzene rings is 1. The first-order valence-electron chi connectivity index (χ1n) is 6.65. The standard InChI is InChI=1S/C14H19FN2O/c15-11-1-4-14-10(7-11)8-13(18-14)9-17(6-5-16)12-2-3-12/h1,4,7,12-13H,2-3,5-6,8-9,16H2. The smallest absolute Gasteiger partial charge is 0.123 e. The Morgan fingerprint density at radius 3 is 2.94 bits per heavy atom. The maximum atomic E-state index is 13.1. The van der Waals surface area contributed by atoms with Crippen molar-refractivity contribution in [3.63, 3.8) is 0 Å². The first-order chi connectivity index (χ1) is 8.76. The van der Waals surface area contributed by atoms with Crippen LogP contribution in [0.3, 0.4) is 0 Å². The maximum Gasteiger partial charge on any atom is 0.123 e. The van der Waals surface area contributed by atoms with E-state index in [1.165, 1.54) is 18.9 Å². The third-order valence-corrected chi connectivity index (χ3v) is 3.68. The molecule has 2 aliphatic rings. The molecule has 98 valence electrons. The zero-order chi connectivity index (χ0) is 12.5. The van der Waals surface area contributed by atoms with Crippen molar-refractivity contribution in [3.8, 4) is 5.75 Å². The lowest BCUT2D eigenvalue weighted by Gasteiger charge is -2.24. The number of hydrogen-bond donors (Lipinski definition) is 1. The molecule has 2 N–H and O–H groups in total. The molecule has 4 heteroatoms. The van der Waals surface area contributed by atoms with Gasteiger partial charge in [-0.15, -0.1) is 0 Å². The molecule has 0 spiro atoms. The van der Waals surface area contributed by atoms with Gasteiger partial charge in [0.25, 0.3) is 0 Å². The summed E-state index contributed by atoms with van der Waals surface area (Å²) in [6, 6.07) is 5.46. The van der Waals surface area contributed by atoms with Crippen LogP contribution in [0.5, 0.6) is 5.75 Å². The second-order valence-corrected chi connectivity index (χ2v) is 5.21. The van der Waals surface area contributed by atoms with Crippen molar-refractivity contribution in [2.24, 2.45) is 5.73 Å². The van der Waals surface area contributed by atoms with E-state index in [1.807, 2.05) is 0 Å². The lowest BCUT2D eigenvalue weighted by atomic mass is 10.1. The third-order valence-electron chi connectivity index (χ3n) is 3.68. The number of halogens is 1. The molecular weight excluding hydrogens is 231 g/mol. The van der Waals surface area contributed by atoms with E-state index in [9.17, 15) is 4.39 Å². The summed E-state index contributed by atoms with van der Waals surface area (Å²) in [6.45, 7) is 2.51. The molecule has 1 aliphatic heterocycles. The van der Waals surface area contributed by atoms with Gasteiger partial charge in [-0.1, -0.05) is 0 Å². The molecule has 0 saturated heterocycles. The van der Waals surface area contributed by atoms with Crippen LogP contribution in [-0.2, 0) is 6.42 Å². The average Bonchev–Trinajstić information content (AvgIpc) is 3.10. The Balaban J connectivity index is 1.62. The Bertz CT molecular complexity index is 434. The molecule has 1 atom stereocenters. The van der Waals surface area contributed by atoms with Crippen LogP contribution in [0, 0.1) is 5.82 Å². The first kappa shape index (κ1) is 11.9. The number of nitrogens with zero attached hydrogens (tertiary/aromatic N) is 1. The van der Waals surface area contributed by atoms with E-state index in [0.717, 1.165) is 30.8 Å². The number of nitrogens with two attached hydrogens (primary N) is 1. The summed E-state index contributed by atoms with van der Waals surface area (Å²) in [5, 5.41) is 0. The highest BCUT2D eigenvalue weighted by Crippen LogP contribution is 2.32. The quantitative estimate of drug-likeness (QED) is 0.861. The summed E-state index contributed by atoms with van der Waals surface area (Å²) in [5.41, 5.74) is 6.63. The maximum absolute atomic E-state index is 13.1. The van der Waals surface area contributed by atoms with Gasteiger partial charge in [0, 0.05) is 37.7 Å². The molecule has 3 rings (SSSR count). The minimum absolute atomic E-state index is 0.147. The number of ether oxygens (including phenoxy) is 1. The molecule has 1 fully saturated rings. The highest BCUT2D eigenvalue weighted by Gasteiger charge is 2.32. The molecule has 0 radical (unpaired) electrons. The summed E-state index contributed by atoms with van der Waals surface area (Å²) in [5.74, 6) is 0.656. The van der Waals surface area contributed by atoms with Gasteiger partial charge >= 0.3 is 0 Å². The lowest BCUT2D eigenvalue weighted by molar-refractivity contribution is 0.147. The van der Waals surface area contributed by atoms with E-state index in [-0.39, 0.29) is 11.9 Å². The molecule has 1 saturated carbocycles. The van der Waals surface area contributed by atoms with E-state index in [2.05, 4.69) is 4.90 Å². The zero-order valence-electron chi connectivity index (χ0n) is 10.4. The summed E-state index contributed by atoms with van der Waals surface area (Å²) in [7, 11) is 0. The van der Waals surface area contributed by atoms with Gasteiger partial charge in [-0.25, -0.2) is 4.39 Å². The molecule has 0 aromatic heterocycles. The third kappa shape index (κ3) is 2.49. The van der Waals surface area contributed by atoms with Crippen molar-refractivity contribution < 1.29 is 9.13 Å². The molecule has 3 nitrogen and oxygen atoms in total. The molecule has 1 heterocycles. The zero-order valence-corrected chi connectivity index (χ0v) is 10.4. The molecule has 0 amide bonds. The van der Waals surface area contributed by atoms with Crippen molar-refractivity contribution >= 4 is 0 Å². The van der Waals surface area contributed by atoms with Gasteiger partial charge in [0.05, 0.1) is 0 Å². The molecule has 1 aromatic rings. The molecule has 1 aromatic carbocycles. The van der Waals surface area contributed by atoms with Gasteiger partial charge < -0.3 is 10.5 Å². The normalized spacial score (nSPS) is 22.1. The van der Waals surface area contributed by atoms with Crippen molar-refractivity contribution in [2.75, 3.05) is 19.6 Å². The van der Waals surface area contributed by atoms with Gasteiger partial charge in [0.15, 0.2) is 0 Å². The van der Waals surface area contributed by atoms with Crippen LogP contribution in [-0.4, -0.2) is 36.7 Å². The van der Waals surface area contributed by atoms with Crippen LogP contribution in [0.1, 0.15) is 18.4 Å². The van der Waals surface area contributed by atoms with Crippen LogP contribution in [0.15, 0.2) is 18.2 Å².